The average Bonchev–Trinajstić information content (AvgIpc) is 1.63. The summed E-state index contributed by atoms with van der Waals surface area (Å²) < 4.78 is 0. The zero-order valence-corrected chi connectivity index (χ0v) is 55.6. The Morgan fingerprint density at radius 2 is 0.545 bits per heavy atom. The molecule has 20 nitrogen and oxygen atoms in total. The third-order valence-electron chi connectivity index (χ3n) is 20.4. The maximum atomic E-state index is 15.2. The molecule has 21 heteroatoms. The van der Waals surface area contributed by atoms with Crippen molar-refractivity contribution in [2.24, 2.45) is 0 Å². The van der Waals surface area contributed by atoms with Gasteiger partial charge in [0.25, 0.3) is 23.6 Å². The van der Waals surface area contributed by atoms with Crippen molar-refractivity contribution < 1.29 is 55.4 Å². The second-order valence-corrected chi connectivity index (χ2v) is 26.3. The predicted octanol–water partition coefficient (Wildman–Crippen LogP) is 12.2. The summed E-state index contributed by atoms with van der Waals surface area (Å²) >= 11 is 0. The number of amides is 8. The summed E-state index contributed by atoms with van der Waals surface area (Å²) in [6.07, 6.45) is 11.1. The predicted molar refractivity (Wildman–Crippen MR) is 382 cm³/mol. The maximum absolute atomic E-state index is 15.2. The number of nitrogens with zero attached hydrogens (tertiary/aromatic N) is 8. The van der Waals surface area contributed by atoms with Crippen molar-refractivity contribution >= 4 is 116 Å². The summed E-state index contributed by atoms with van der Waals surface area (Å²) in [5, 5.41) is 13.0. The van der Waals surface area contributed by atoms with Crippen molar-refractivity contribution in [3.05, 3.63) is 215 Å². The first-order chi connectivity index (χ1) is 48.9. The van der Waals surface area contributed by atoms with Crippen LogP contribution in [0.4, 0.5) is 22.7 Å². The molecule has 0 aliphatic carbocycles. The molecule has 0 spiro atoms. The molecule has 6 aromatic carbocycles. The Hall–Kier alpha value is -11.8. The Morgan fingerprint density at radius 3 is 0.792 bits per heavy atom. The third kappa shape index (κ3) is 11.4. The van der Waals surface area contributed by atoms with E-state index in [0.717, 1.165) is 0 Å². The molecule has 4 fully saturated rings. The van der Waals surface area contributed by atoms with Crippen LogP contribution in [0.1, 0.15) is 116 Å². The number of benzene rings is 6. The van der Waals surface area contributed by atoms with Gasteiger partial charge in [0.15, 0.2) is 0 Å². The molecule has 0 saturated carbocycles. The monoisotopic (exact) mass is 1380 g/mol. The largest absolute Gasteiger partial charge is 2.00 e. The van der Waals surface area contributed by atoms with Crippen LogP contribution in [0.25, 0.3) is 90.9 Å². The molecule has 19 rings (SSSR count). The van der Waals surface area contributed by atoms with Crippen molar-refractivity contribution in [3.8, 4) is 44.5 Å². The van der Waals surface area contributed by atoms with Gasteiger partial charge in [-0.05, 0) is 159 Å². The molecule has 8 amide bonds. The fraction of sp³-hybridized carbons (Fsp3) is 0.200. The van der Waals surface area contributed by atoms with Crippen molar-refractivity contribution in [2.45, 2.75) is 75.5 Å². The Bertz CT molecular complexity index is 4660. The Morgan fingerprint density at radius 1 is 0.307 bits per heavy atom. The first-order valence-electron chi connectivity index (χ1n) is 34.0. The van der Waals surface area contributed by atoms with E-state index in [0.29, 0.717) is 163 Å². The second-order valence-electron chi connectivity index (χ2n) is 26.3. The summed E-state index contributed by atoms with van der Waals surface area (Å²) in [5.41, 5.74) is 10.2. The van der Waals surface area contributed by atoms with Crippen molar-refractivity contribution in [1.29, 1.82) is 0 Å². The van der Waals surface area contributed by atoms with Gasteiger partial charge in [-0.15, -0.1) is 22.1 Å². The number of nitrogens with one attached hydrogen (secondary N) is 4. The molecule has 0 radical (unpaired) electrons. The van der Waals surface area contributed by atoms with E-state index in [1.807, 2.05) is 121 Å². The van der Waals surface area contributed by atoms with E-state index in [2.05, 4.69) is 21.3 Å². The van der Waals surface area contributed by atoms with Crippen LogP contribution in [-0.4, -0.2) is 127 Å². The van der Waals surface area contributed by atoms with E-state index >= 15 is 19.2 Å². The molecule has 4 N–H and O–H groups in total. The quantitative estimate of drug-likeness (QED) is 0.103. The summed E-state index contributed by atoms with van der Waals surface area (Å²) in [6, 6.07) is 46.3. The van der Waals surface area contributed by atoms with Crippen molar-refractivity contribution in [2.75, 3.05) is 47.4 Å². The van der Waals surface area contributed by atoms with Gasteiger partial charge < -0.3 is 50.8 Å². The van der Waals surface area contributed by atoms with E-state index in [1.165, 1.54) is 0 Å². The zero-order chi connectivity index (χ0) is 67.9. The molecule has 10 aliphatic rings. The number of para-hydroxylation sites is 4. The molecular weight excluding hydrogens is 1310 g/mol. The smallest absolute Gasteiger partial charge is 0.657 e. The number of fused-ring (bicyclic) bond motifs is 4. The van der Waals surface area contributed by atoms with Crippen LogP contribution >= 0.6 is 0 Å². The number of carbonyl (C=O) groups excluding carboxylic acids is 8. The van der Waals surface area contributed by atoms with E-state index in [1.54, 1.807) is 92.4 Å². The summed E-state index contributed by atoms with van der Waals surface area (Å²) in [7, 11) is 0. The summed E-state index contributed by atoms with van der Waals surface area (Å²) in [4.78, 5) is 148. The maximum Gasteiger partial charge on any atom is 2.00 e. The third-order valence-corrected chi connectivity index (χ3v) is 20.4. The van der Waals surface area contributed by atoms with E-state index in [9.17, 15) is 19.2 Å². The van der Waals surface area contributed by atoms with Gasteiger partial charge in [-0.2, -0.15) is 0 Å². The molecule has 10 aliphatic heterocycles. The van der Waals surface area contributed by atoms with Crippen molar-refractivity contribution in [1.82, 2.24) is 39.5 Å². The van der Waals surface area contributed by atoms with Gasteiger partial charge in [0.1, 0.15) is 24.2 Å². The number of rotatable bonds is 0. The van der Waals surface area contributed by atoms with Gasteiger partial charge in [0.05, 0.1) is 22.8 Å². The van der Waals surface area contributed by atoms with E-state index in [-0.39, 0.29) is 65.5 Å². The molecule has 3 aromatic heterocycles. The van der Waals surface area contributed by atoms with Crippen LogP contribution < -0.4 is 31.2 Å². The molecule has 9 aromatic rings. The van der Waals surface area contributed by atoms with Gasteiger partial charge in [0, 0.05) is 93.4 Å². The Kier molecular flexibility index (Phi) is 16.5. The molecule has 4 atom stereocenters. The normalized spacial score (nSPS) is 19.6. The topological polar surface area (TPSA) is 252 Å². The average molecular weight is 1380 g/mol. The minimum Gasteiger partial charge on any atom is -0.657 e. The molecule has 500 valence electrons. The van der Waals surface area contributed by atoms with Crippen molar-refractivity contribution in [3.63, 3.8) is 0 Å². The number of anilines is 4. The number of aromatic nitrogens is 4. The molecule has 101 heavy (non-hydrogen) atoms. The van der Waals surface area contributed by atoms with Crippen LogP contribution in [0, 0.1) is 0 Å². The Balaban J connectivity index is 0.00000792. The summed E-state index contributed by atoms with van der Waals surface area (Å²) in [6.45, 7) is 1.14. The number of hydrogen-bond acceptors (Lipinski definition) is 10. The van der Waals surface area contributed by atoms with Gasteiger partial charge in [-0.25, -0.2) is 9.97 Å². The molecular formula is C80H64FeN12O8. The van der Waals surface area contributed by atoms with Gasteiger partial charge >= 0.3 is 17.1 Å². The Labute approximate surface area is 590 Å². The fourth-order valence-corrected chi connectivity index (χ4v) is 15.7. The van der Waals surface area contributed by atoms with Gasteiger partial charge in [0.2, 0.25) is 23.6 Å². The SMILES string of the molecule is O=C1Nc2ccccc2-c2c3nc(c4c5ccc([n-]5)c(c5nc(c(c6ccc2[n-]6)-c2ccccc2NC(=O)C2CCCN2C(=O)c2cccc(c2)C(=O)N2CCCC2C(=O)Nc2ccccc2-4)C=C5)-c2ccccc2NC(=O)C2CCCN2C(=O)c2cccc(c2)C(=O)N2CCCC12)C=C3.[Fe+2]. The van der Waals surface area contributed by atoms with Crippen LogP contribution in [0.15, 0.2) is 170 Å². The molecule has 4 unspecified atom stereocenters. The minimum atomic E-state index is -0.905. The summed E-state index contributed by atoms with van der Waals surface area (Å²) in [5.74, 6) is -3.41. The van der Waals surface area contributed by atoms with Crippen LogP contribution in [0.3, 0.4) is 0 Å². The minimum absolute atomic E-state index is 0. The van der Waals surface area contributed by atoms with Crippen LogP contribution in [0.2, 0.25) is 0 Å². The first-order valence-corrected chi connectivity index (χ1v) is 34.0. The molecule has 13 heterocycles. The molecule has 4 saturated heterocycles. The number of carbonyl (C=O) groups is 8. The zero-order valence-electron chi connectivity index (χ0n) is 54.5. The number of hydrogen-bond donors (Lipinski definition) is 4. The van der Waals surface area contributed by atoms with Crippen LogP contribution in [-0.2, 0) is 36.2 Å². The second kappa shape index (κ2) is 26.1. The van der Waals surface area contributed by atoms with E-state index in [4.69, 9.17) is 19.9 Å². The fourth-order valence-electron chi connectivity index (χ4n) is 15.7. The first kappa shape index (κ1) is 63.9. The molecule has 16 bridgehead atoms. The van der Waals surface area contributed by atoms with E-state index < -0.39 is 71.4 Å². The van der Waals surface area contributed by atoms with Gasteiger partial charge in [-0.1, -0.05) is 109 Å². The standard InChI is InChI=1S/C80H66N12O8.Fe/c93-73-65-27-11-39-89(65)77(97)45-15-9-16-46(43-45)78(98)92-42-14-30-68(92)76(96)88-56-26-8-4-22-52(56)72-63-37-35-61(83-63)70-50-20-2-6-24-54(50)86-74(94)66-28-12-40-90(66)79(99)47-17-10-18-48(44-47)80(100)91-41-13-29-67(91)75(95)87-55-25-7-3-21-51(55)71(62-36-38-64(72)84-62)60-34-32-58(82-60)69(57-31-33-59(70)81-57)49-19-1-5-23-53(49)85-73;/h1-10,15-26,31-38,43-44,65-68H,11-14,27-30,39-42H2,(H6,81,82,83,84,85,86,87,88,93,94,95,96);/q;+2/p-2. The van der Waals surface area contributed by atoms with Gasteiger partial charge in [-0.3, -0.25) is 38.4 Å². The van der Waals surface area contributed by atoms with Crippen LogP contribution in [0.5, 0.6) is 0 Å².